The lowest BCUT2D eigenvalue weighted by Gasteiger charge is -2.19. The van der Waals surface area contributed by atoms with Crippen LogP contribution < -0.4 is 4.31 Å². The van der Waals surface area contributed by atoms with Gasteiger partial charge in [-0.1, -0.05) is 29.4 Å². The molecule has 0 saturated heterocycles. The Morgan fingerprint density at radius 2 is 1.90 bits per heavy atom. The first kappa shape index (κ1) is 19.3. The van der Waals surface area contributed by atoms with Crippen molar-refractivity contribution in [3.63, 3.8) is 0 Å². The summed E-state index contributed by atoms with van der Waals surface area (Å²) in [5.74, 6) is -0.174. The molecule has 0 spiro atoms. The molecule has 2 aromatic heterocycles. The molecule has 0 N–H and O–H groups in total. The Hall–Kier alpha value is -3.04. The standard InChI is InChI=1S/C20H16FN3O3S2/c1-13-5-3-8-16(11-13)24(2)29(25,26)17-9-10-28-18(17)20-22-19(23-27-20)14-6-4-7-15(21)12-14/h3-12H,1-2H3. The molecule has 6 nitrogen and oxygen atoms in total. The van der Waals surface area contributed by atoms with E-state index in [1.807, 2.05) is 13.0 Å². The van der Waals surface area contributed by atoms with Crippen LogP contribution in [0, 0.1) is 12.7 Å². The third kappa shape index (κ3) is 3.66. The highest BCUT2D eigenvalue weighted by atomic mass is 32.2. The molecule has 148 valence electrons. The molecule has 0 aliphatic carbocycles. The number of hydrogen-bond acceptors (Lipinski definition) is 6. The molecule has 9 heteroatoms. The molecule has 0 fully saturated rings. The van der Waals surface area contributed by atoms with Crippen molar-refractivity contribution in [2.24, 2.45) is 0 Å². The van der Waals surface area contributed by atoms with Crippen molar-refractivity contribution >= 4 is 27.0 Å². The fourth-order valence-electron chi connectivity index (χ4n) is 2.83. The number of rotatable bonds is 5. The number of aromatic nitrogens is 2. The second kappa shape index (κ2) is 7.41. The van der Waals surface area contributed by atoms with Crippen LogP contribution in [0.4, 0.5) is 10.1 Å². The minimum atomic E-state index is -3.85. The molecule has 4 rings (SSSR count). The van der Waals surface area contributed by atoms with Crippen molar-refractivity contribution in [1.29, 1.82) is 0 Å². The number of hydrogen-bond donors (Lipinski definition) is 0. The van der Waals surface area contributed by atoms with Gasteiger partial charge < -0.3 is 4.52 Å². The van der Waals surface area contributed by atoms with Crippen molar-refractivity contribution < 1.29 is 17.3 Å². The van der Waals surface area contributed by atoms with E-state index in [9.17, 15) is 12.8 Å². The van der Waals surface area contributed by atoms with Gasteiger partial charge in [0.2, 0.25) is 5.82 Å². The lowest BCUT2D eigenvalue weighted by molar-refractivity contribution is 0.432. The third-order valence-electron chi connectivity index (χ3n) is 4.34. The predicted molar refractivity (Wildman–Crippen MR) is 110 cm³/mol. The van der Waals surface area contributed by atoms with E-state index in [2.05, 4.69) is 10.1 Å². The Bertz CT molecular complexity index is 1280. The predicted octanol–water partition coefficient (Wildman–Crippen LogP) is 4.74. The summed E-state index contributed by atoms with van der Waals surface area (Å²) in [7, 11) is -2.35. The minimum Gasteiger partial charge on any atom is -0.333 e. The summed E-state index contributed by atoms with van der Waals surface area (Å²) >= 11 is 1.18. The second-order valence-electron chi connectivity index (χ2n) is 6.36. The maximum Gasteiger partial charge on any atom is 0.269 e. The van der Waals surface area contributed by atoms with E-state index in [0.717, 1.165) is 5.56 Å². The molecular formula is C20H16FN3O3S2. The Balaban J connectivity index is 1.72. The zero-order valence-electron chi connectivity index (χ0n) is 15.5. The summed E-state index contributed by atoms with van der Waals surface area (Å²) in [6, 6.07) is 14.5. The fraction of sp³-hybridized carbons (Fsp3) is 0.100. The molecule has 0 aliphatic rings. The number of nitrogens with zero attached hydrogens (tertiary/aromatic N) is 3. The largest absolute Gasteiger partial charge is 0.333 e. The van der Waals surface area contributed by atoms with Crippen LogP contribution in [0.1, 0.15) is 5.56 Å². The molecule has 0 saturated carbocycles. The number of benzene rings is 2. The first-order chi connectivity index (χ1) is 13.9. The highest BCUT2D eigenvalue weighted by Gasteiger charge is 2.28. The summed E-state index contributed by atoms with van der Waals surface area (Å²) in [6.45, 7) is 1.90. The molecule has 0 bridgehead atoms. The highest BCUT2D eigenvalue weighted by molar-refractivity contribution is 7.93. The zero-order valence-corrected chi connectivity index (χ0v) is 17.2. The molecule has 29 heavy (non-hydrogen) atoms. The molecule has 0 aliphatic heterocycles. The van der Waals surface area contributed by atoms with Gasteiger partial charge in [0.1, 0.15) is 15.6 Å². The zero-order chi connectivity index (χ0) is 20.6. The molecular weight excluding hydrogens is 413 g/mol. The molecule has 0 atom stereocenters. The van der Waals surface area contributed by atoms with Gasteiger partial charge in [-0.3, -0.25) is 4.31 Å². The van der Waals surface area contributed by atoms with E-state index in [1.54, 1.807) is 35.7 Å². The van der Waals surface area contributed by atoms with Crippen molar-refractivity contribution in [2.45, 2.75) is 11.8 Å². The number of aryl methyl sites for hydroxylation is 1. The highest BCUT2D eigenvalue weighted by Crippen LogP contribution is 2.35. The lowest BCUT2D eigenvalue weighted by atomic mass is 10.2. The number of anilines is 1. The Morgan fingerprint density at radius 1 is 1.10 bits per heavy atom. The van der Waals surface area contributed by atoms with Gasteiger partial charge in [-0.05, 0) is 48.2 Å². The first-order valence-electron chi connectivity index (χ1n) is 8.59. The molecule has 2 aromatic carbocycles. The summed E-state index contributed by atoms with van der Waals surface area (Å²) in [5.41, 5.74) is 1.94. The maximum atomic E-state index is 13.5. The topological polar surface area (TPSA) is 76.3 Å². The molecule has 0 amide bonds. The normalized spacial score (nSPS) is 11.6. The average molecular weight is 429 g/mol. The van der Waals surface area contributed by atoms with Crippen LogP contribution in [0.15, 0.2) is 69.4 Å². The maximum absolute atomic E-state index is 13.5. The summed E-state index contributed by atoms with van der Waals surface area (Å²) < 4.78 is 46.4. The molecule has 4 aromatic rings. The van der Waals surface area contributed by atoms with E-state index >= 15 is 0 Å². The molecule has 2 heterocycles. The van der Waals surface area contributed by atoms with Gasteiger partial charge in [-0.25, -0.2) is 12.8 Å². The van der Waals surface area contributed by atoms with Crippen LogP contribution >= 0.6 is 11.3 Å². The van der Waals surface area contributed by atoms with Gasteiger partial charge in [-0.2, -0.15) is 4.98 Å². The second-order valence-corrected chi connectivity index (χ2v) is 9.21. The summed E-state index contributed by atoms with van der Waals surface area (Å²) in [4.78, 5) is 4.67. The van der Waals surface area contributed by atoms with Gasteiger partial charge >= 0.3 is 0 Å². The average Bonchev–Trinajstić information content (AvgIpc) is 3.37. The Labute approximate surface area is 171 Å². The van der Waals surface area contributed by atoms with E-state index in [0.29, 0.717) is 16.1 Å². The molecule has 0 radical (unpaired) electrons. The van der Waals surface area contributed by atoms with Crippen molar-refractivity contribution in [3.05, 3.63) is 71.4 Å². The van der Waals surface area contributed by atoms with Gasteiger partial charge in [-0.15, -0.1) is 11.3 Å². The van der Waals surface area contributed by atoms with Crippen LogP contribution in [-0.2, 0) is 10.0 Å². The Morgan fingerprint density at radius 3 is 2.66 bits per heavy atom. The summed E-state index contributed by atoms with van der Waals surface area (Å²) in [6.07, 6.45) is 0. The number of halogens is 1. The summed E-state index contributed by atoms with van der Waals surface area (Å²) in [5, 5.41) is 5.52. The third-order valence-corrected chi connectivity index (χ3v) is 7.20. The van der Waals surface area contributed by atoms with Crippen LogP contribution in [0.25, 0.3) is 22.2 Å². The van der Waals surface area contributed by atoms with Crippen molar-refractivity contribution in [2.75, 3.05) is 11.4 Å². The smallest absolute Gasteiger partial charge is 0.269 e. The fourth-order valence-corrected chi connectivity index (χ4v) is 5.33. The van der Waals surface area contributed by atoms with E-state index in [-0.39, 0.29) is 16.6 Å². The monoisotopic (exact) mass is 429 g/mol. The minimum absolute atomic E-state index is 0.0653. The van der Waals surface area contributed by atoms with E-state index in [1.165, 1.54) is 40.9 Å². The van der Waals surface area contributed by atoms with E-state index in [4.69, 9.17) is 4.52 Å². The Kier molecular flexibility index (Phi) is 4.93. The van der Waals surface area contributed by atoms with Crippen LogP contribution in [-0.4, -0.2) is 25.6 Å². The van der Waals surface area contributed by atoms with Gasteiger partial charge in [0.25, 0.3) is 15.9 Å². The van der Waals surface area contributed by atoms with Gasteiger partial charge in [0.15, 0.2) is 0 Å². The quantitative estimate of drug-likeness (QED) is 0.458. The first-order valence-corrected chi connectivity index (χ1v) is 10.9. The van der Waals surface area contributed by atoms with Gasteiger partial charge in [0, 0.05) is 12.6 Å². The van der Waals surface area contributed by atoms with Gasteiger partial charge in [0.05, 0.1) is 5.69 Å². The van der Waals surface area contributed by atoms with E-state index < -0.39 is 15.8 Å². The number of thiophene rings is 1. The van der Waals surface area contributed by atoms with Crippen LogP contribution in [0.2, 0.25) is 0 Å². The van der Waals surface area contributed by atoms with Crippen molar-refractivity contribution in [3.8, 4) is 22.2 Å². The lowest BCUT2D eigenvalue weighted by Crippen LogP contribution is -2.26. The van der Waals surface area contributed by atoms with Crippen LogP contribution in [0.5, 0.6) is 0 Å². The molecule has 0 unspecified atom stereocenters. The van der Waals surface area contributed by atoms with Crippen molar-refractivity contribution in [1.82, 2.24) is 10.1 Å². The number of sulfonamides is 1. The SMILES string of the molecule is Cc1cccc(N(C)S(=O)(=O)c2ccsc2-c2nc(-c3cccc(F)c3)no2)c1. The van der Waals surface area contributed by atoms with Crippen LogP contribution in [0.3, 0.4) is 0 Å².